The van der Waals surface area contributed by atoms with E-state index in [1.165, 1.54) is 12.1 Å². The monoisotopic (exact) mass is 693 g/mol. The molecule has 1 saturated heterocycles. The average molecular weight is 694 g/mol. The second-order valence-electron chi connectivity index (χ2n) is 13.1. The number of fused-ring (bicyclic) bond motifs is 1. The zero-order chi connectivity index (χ0) is 36.1. The third-order valence-corrected chi connectivity index (χ3v) is 8.20. The standard InChI is InChI=1S/C36H36FN9O5/c1-36(2,3)51-35(50)38-21-30-40-42-32(43-41-30)24-11-8-22(9-12-24)20-31(47)45-14-16-46(17-15-45)34(49)27-18-23(10-13-28(27)37)19-29-25-6-4-5-7-26(25)33(48)44-39-29/h4-13,18H,14-17,19-21H2,1-3H3,(H,38,50)(H,44,48). The van der Waals surface area contributed by atoms with E-state index in [1.807, 2.05) is 6.07 Å². The van der Waals surface area contributed by atoms with Crippen molar-refractivity contribution in [3.8, 4) is 11.4 Å². The number of nitrogens with one attached hydrogen (secondary N) is 2. The van der Waals surface area contributed by atoms with Gasteiger partial charge in [0.15, 0.2) is 5.82 Å². The number of ether oxygens (including phenoxy) is 1. The van der Waals surface area contributed by atoms with Gasteiger partial charge in [0.25, 0.3) is 11.5 Å². The quantitative estimate of drug-likeness (QED) is 0.245. The van der Waals surface area contributed by atoms with E-state index in [4.69, 9.17) is 4.74 Å². The molecule has 0 saturated carbocycles. The first-order chi connectivity index (χ1) is 24.4. The predicted molar refractivity (Wildman–Crippen MR) is 184 cm³/mol. The fourth-order valence-electron chi connectivity index (χ4n) is 5.63. The minimum atomic E-state index is -0.631. The van der Waals surface area contributed by atoms with Crippen LogP contribution in [0.1, 0.15) is 53.8 Å². The van der Waals surface area contributed by atoms with Crippen LogP contribution in [0.5, 0.6) is 0 Å². The smallest absolute Gasteiger partial charge is 0.408 e. The molecule has 1 fully saturated rings. The fraction of sp³-hybridized carbons (Fsp3) is 0.306. The van der Waals surface area contributed by atoms with Crippen molar-refractivity contribution in [2.45, 2.75) is 45.8 Å². The molecule has 15 heteroatoms. The predicted octanol–water partition coefficient (Wildman–Crippen LogP) is 3.45. The zero-order valence-corrected chi connectivity index (χ0v) is 28.4. The SMILES string of the molecule is CC(C)(C)OC(=O)NCc1nnc(-c2ccc(CC(=O)N3CCN(C(=O)c4cc(Cc5n[nH]c(=O)c6ccccc56)ccc4F)CC3)cc2)nn1. The molecule has 14 nitrogen and oxygen atoms in total. The average Bonchev–Trinajstić information content (AvgIpc) is 3.12. The summed E-state index contributed by atoms with van der Waals surface area (Å²) in [4.78, 5) is 53.8. The van der Waals surface area contributed by atoms with Crippen LogP contribution in [0.3, 0.4) is 0 Å². The summed E-state index contributed by atoms with van der Waals surface area (Å²) >= 11 is 0. The topological polar surface area (TPSA) is 176 Å². The number of benzene rings is 3. The van der Waals surface area contributed by atoms with E-state index < -0.39 is 23.4 Å². The highest BCUT2D eigenvalue weighted by Gasteiger charge is 2.27. The largest absolute Gasteiger partial charge is 0.444 e. The molecule has 0 bridgehead atoms. The van der Waals surface area contributed by atoms with Crippen LogP contribution in [-0.2, 0) is 28.9 Å². The third kappa shape index (κ3) is 8.55. The Morgan fingerprint density at radius 1 is 0.863 bits per heavy atom. The molecular formula is C36H36FN9O5. The van der Waals surface area contributed by atoms with Gasteiger partial charge in [-0.05, 0) is 50.1 Å². The molecule has 2 aromatic heterocycles. The second kappa shape index (κ2) is 14.8. The van der Waals surface area contributed by atoms with Crippen molar-refractivity contribution in [1.29, 1.82) is 0 Å². The summed E-state index contributed by atoms with van der Waals surface area (Å²) in [5, 5.41) is 26.7. The molecule has 6 rings (SSSR count). The Hall–Kier alpha value is -6.12. The minimum Gasteiger partial charge on any atom is -0.444 e. The summed E-state index contributed by atoms with van der Waals surface area (Å²) in [6.07, 6.45) is -0.144. The Kier molecular flexibility index (Phi) is 10.1. The van der Waals surface area contributed by atoms with Gasteiger partial charge < -0.3 is 19.9 Å². The summed E-state index contributed by atoms with van der Waals surface area (Å²) in [6, 6.07) is 18.6. The van der Waals surface area contributed by atoms with Gasteiger partial charge in [0.05, 0.1) is 29.6 Å². The lowest BCUT2D eigenvalue weighted by molar-refractivity contribution is -0.131. The first-order valence-electron chi connectivity index (χ1n) is 16.4. The number of alkyl carbamates (subject to hydrolysis) is 1. The summed E-state index contributed by atoms with van der Waals surface area (Å²) < 4.78 is 20.1. The summed E-state index contributed by atoms with van der Waals surface area (Å²) in [7, 11) is 0. The second-order valence-corrected chi connectivity index (χ2v) is 13.1. The molecule has 1 aliphatic rings. The highest BCUT2D eigenvalue weighted by molar-refractivity contribution is 5.95. The molecule has 2 N–H and O–H groups in total. The van der Waals surface area contributed by atoms with E-state index in [9.17, 15) is 23.6 Å². The van der Waals surface area contributed by atoms with Crippen LogP contribution in [0.2, 0.25) is 0 Å². The molecule has 1 aliphatic heterocycles. The van der Waals surface area contributed by atoms with Crippen molar-refractivity contribution in [2.75, 3.05) is 26.2 Å². The number of H-pyrrole nitrogens is 1. The fourth-order valence-corrected chi connectivity index (χ4v) is 5.63. The number of aromatic nitrogens is 6. The van der Waals surface area contributed by atoms with Crippen LogP contribution in [0.25, 0.3) is 22.2 Å². The van der Waals surface area contributed by atoms with Gasteiger partial charge in [0.1, 0.15) is 11.4 Å². The van der Waals surface area contributed by atoms with Crippen LogP contribution in [-0.4, -0.2) is 90.1 Å². The highest BCUT2D eigenvalue weighted by atomic mass is 19.1. The molecule has 0 unspecified atom stereocenters. The molecule has 51 heavy (non-hydrogen) atoms. The van der Waals surface area contributed by atoms with Gasteiger partial charge in [-0.3, -0.25) is 14.4 Å². The van der Waals surface area contributed by atoms with Gasteiger partial charge in [0, 0.05) is 43.5 Å². The molecule has 3 aromatic carbocycles. The highest BCUT2D eigenvalue weighted by Crippen LogP contribution is 2.21. The van der Waals surface area contributed by atoms with Crippen LogP contribution < -0.4 is 10.9 Å². The molecule has 262 valence electrons. The van der Waals surface area contributed by atoms with Gasteiger partial charge in [-0.15, -0.1) is 20.4 Å². The number of hydrogen-bond donors (Lipinski definition) is 2. The lowest BCUT2D eigenvalue weighted by atomic mass is 10.0. The lowest BCUT2D eigenvalue weighted by Crippen LogP contribution is -2.51. The number of hydrogen-bond acceptors (Lipinski definition) is 10. The van der Waals surface area contributed by atoms with Crippen molar-refractivity contribution >= 4 is 28.7 Å². The maximum Gasteiger partial charge on any atom is 0.408 e. The van der Waals surface area contributed by atoms with E-state index in [0.29, 0.717) is 52.9 Å². The van der Waals surface area contributed by atoms with Gasteiger partial charge in [-0.2, -0.15) is 5.10 Å². The van der Waals surface area contributed by atoms with Crippen molar-refractivity contribution in [3.63, 3.8) is 0 Å². The minimum absolute atomic E-state index is 0.0119. The maximum absolute atomic E-state index is 14.9. The van der Waals surface area contributed by atoms with E-state index in [1.54, 1.807) is 79.1 Å². The van der Waals surface area contributed by atoms with Crippen LogP contribution in [0.15, 0.2) is 71.5 Å². The van der Waals surface area contributed by atoms with Crippen molar-refractivity contribution in [1.82, 2.24) is 45.7 Å². The normalized spacial score (nSPS) is 13.3. The summed E-state index contributed by atoms with van der Waals surface area (Å²) in [5.74, 6) is -0.660. The maximum atomic E-state index is 14.9. The molecule has 5 aromatic rings. The number of carbonyl (C=O) groups excluding carboxylic acids is 3. The van der Waals surface area contributed by atoms with Gasteiger partial charge >= 0.3 is 6.09 Å². The van der Waals surface area contributed by atoms with E-state index in [0.717, 1.165) is 5.56 Å². The Morgan fingerprint density at radius 3 is 2.20 bits per heavy atom. The Labute approximate surface area is 292 Å². The van der Waals surface area contributed by atoms with Crippen LogP contribution in [0.4, 0.5) is 9.18 Å². The van der Waals surface area contributed by atoms with Crippen molar-refractivity contribution in [2.24, 2.45) is 0 Å². The molecule has 3 amide bonds. The van der Waals surface area contributed by atoms with Crippen molar-refractivity contribution in [3.05, 3.63) is 111 Å². The number of aromatic amines is 1. The number of halogens is 1. The number of amides is 3. The van der Waals surface area contributed by atoms with E-state index in [-0.39, 0.29) is 48.9 Å². The number of rotatable bonds is 8. The Bertz CT molecular complexity index is 2130. The number of carbonyl (C=O) groups is 3. The molecule has 0 aliphatic carbocycles. The van der Waals surface area contributed by atoms with Gasteiger partial charge in [0.2, 0.25) is 11.7 Å². The summed E-state index contributed by atoms with van der Waals surface area (Å²) in [5.41, 5.74) is 1.75. The molecule has 0 atom stereocenters. The Balaban J connectivity index is 1.01. The number of piperazine rings is 1. The molecule has 0 radical (unpaired) electrons. The first-order valence-corrected chi connectivity index (χ1v) is 16.4. The molecule has 3 heterocycles. The van der Waals surface area contributed by atoms with Crippen LogP contribution in [0, 0.1) is 5.82 Å². The molecule has 0 spiro atoms. The van der Waals surface area contributed by atoms with E-state index >= 15 is 0 Å². The van der Waals surface area contributed by atoms with Crippen molar-refractivity contribution < 1.29 is 23.5 Å². The Morgan fingerprint density at radius 2 is 1.51 bits per heavy atom. The van der Waals surface area contributed by atoms with Gasteiger partial charge in [-0.1, -0.05) is 48.5 Å². The lowest BCUT2D eigenvalue weighted by Gasteiger charge is -2.35. The van der Waals surface area contributed by atoms with Gasteiger partial charge in [-0.25, -0.2) is 14.3 Å². The number of nitrogens with zero attached hydrogens (tertiary/aromatic N) is 7. The molecular weight excluding hydrogens is 657 g/mol. The first kappa shape index (κ1) is 34.7. The van der Waals surface area contributed by atoms with Crippen LogP contribution >= 0.6 is 0 Å². The zero-order valence-electron chi connectivity index (χ0n) is 28.4. The third-order valence-electron chi connectivity index (χ3n) is 8.20. The summed E-state index contributed by atoms with van der Waals surface area (Å²) in [6.45, 7) is 6.46. The van der Waals surface area contributed by atoms with E-state index in [2.05, 4.69) is 35.9 Å².